The highest BCUT2D eigenvalue weighted by Crippen LogP contribution is 2.39. The fourth-order valence-electron chi connectivity index (χ4n) is 2.55. The van der Waals surface area contributed by atoms with Gasteiger partial charge in [-0.15, -0.1) is 0 Å². The fourth-order valence-corrected chi connectivity index (χ4v) is 4.02. The number of amides is 1. The summed E-state index contributed by atoms with van der Waals surface area (Å²) in [5, 5.41) is 8.77. The maximum absolute atomic E-state index is 13.4. The minimum atomic E-state index is -1.15. The lowest BCUT2D eigenvalue weighted by atomic mass is 10.1. The van der Waals surface area contributed by atoms with E-state index in [1.807, 2.05) is 0 Å². The Bertz CT molecular complexity index is 1040. The van der Waals surface area contributed by atoms with E-state index >= 15 is 0 Å². The Morgan fingerprint density at radius 3 is 2.79 bits per heavy atom. The maximum Gasteiger partial charge on any atom is 0.341 e. The number of nitrogens with zero attached hydrogens (tertiary/aromatic N) is 1. The summed E-state index contributed by atoms with van der Waals surface area (Å²) in [6, 6.07) is 8.82. The van der Waals surface area contributed by atoms with E-state index < -0.39 is 24.3 Å². The van der Waals surface area contributed by atoms with Gasteiger partial charge in [0.2, 0.25) is 0 Å². The van der Waals surface area contributed by atoms with Crippen LogP contribution in [0.2, 0.25) is 5.02 Å². The van der Waals surface area contributed by atoms with Crippen LogP contribution in [0.15, 0.2) is 41.3 Å². The van der Waals surface area contributed by atoms with Gasteiger partial charge in [-0.05, 0) is 30.3 Å². The molecule has 0 radical (unpaired) electrons. The largest absolute Gasteiger partial charge is 0.493 e. The molecule has 1 aliphatic heterocycles. The monoisotopic (exact) mass is 453 g/mol. The summed E-state index contributed by atoms with van der Waals surface area (Å²) in [5.74, 6) is -1.67. The predicted molar refractivity (Wildman–Crippen MR) is 113 cm³/mol. The standard InChI is InChI=1S/C19H13ClFNO5S2/c1-26-14-4-2-3-10(17(14)27-9-16(23)24)7-15-18(25)22(19(28)29-15)11-5-6-13(21)12(20)8-11/h2-8H,9H2,1H3,(H,23,24)/b15-7+. The third-order valence-electron chi connectivity index (χ3n) is 3.81. The van der Waals surface area contributed by atoms with Crippen molar-refractivity contribution in [3.63, 3.8) is 0 Å². The number of thiocarbonyl (C=S) groups is 1. The molecule has 29 heavy (non-hydrogen) atoms. The number of aliphatic carboxylic acids is 1. The fraction of sp³-hybridized carbons (Fsp3) is 0.105. The van der Waals surface area contributed by atoms with Crippen LogP contribution >= 0.6 is 35.6 Å². The van der Waals surface area contributed by atoms with Crippen molar-refractivity contribution in [2.75, 3.05) is 18.6 Å². The number of carbonyl (C=O) groups is 2. The van der Waals surface area contributed by atoms with Crippen LogP contribution in [0.1, 0.15) is 5.56 Å². The van der Waals surface area contributed by atoms with Crippen LogP contribution in [0, 0.1) is 5.82 Å². The summed E-state index contributed by atoms with van der Waals surface area (Å²) in [6.45, 7) is -0.573. The van der Waals surface area contributed by atoms with Gasteiger partial charge in [0, 0.05) is 5.56 Å². The van der Waals surface area contributed by atoms with E-state index in [0.717, 1.165) is 17.8 Å². The Hall–Kier alpha value is -2.62. The Morgan fingerprint density at radius 1 is 1.38 bits per heavy atom. The van der Waals surface area contributed by atoms with E-state index in [-0.39, 0.29) is 20.0 Å². The van der Waals surface area contributed by atoms with Gasteiger partial charge in [-0.2, -0.15) is 0 Å². The first-order chi connectivity index (χ1) is 13.8. The van der Waals surface area contributed by atoms with Crippen molar-refractivity contribution in [3.05, 3.63) is 57.7 Å². The normalized spacial score (nSPS) is 15.1. The second kappa shape index (κ2) is 8.81. The molecule has 6 nitrogen and oxygen atoms in total. The SMILES string of the molecule is COc1cccc(/C=C2/SC(=S)N(c3ccc(F)c(Cl)c3)C2=O)c1OCC(=O)O. The van der Waals surface area contributed by atoms with Gasteiger partial charge >= 0.3 is 5.97 Å². The highest BCUT2D eigenvalue weighted by Gasteiger charge is 2.34. The van der Waals surface area contributed by atoms with Crippen LogP contribution in [0.3, 0.4) is 0 Å². The number of anilines is 1. The zero-order valence-electron chi connectivity index (χ0n) is 14.8. The molecule has 1 fully saturated rings. The van der Waals surface area contributed by atoms with Crippen LogP contribution in [-0.2, 0) is 9.59 Å². The molecule has 0 aromatic heterocycles. The van der Waals surface area contributed by atoms with E-state index in [1.165, 1.54) is 30.2 Å². The lowest BCUT2D eigenvalue weighted by Crippen LogP contribution is -2.27. The number of carboxylic acids is 1. The topological polar surface area (TPSA) is 76.1 Å². The molecule has 0 atom stereocenters. The number of thioether (sulfide) groups is 1. The van der Waals surface area contributed by atoms with Crippen molar-refractivity contribution < 1.29 is 28.6 Å². The molecule has 0 spiro atoms. The summed E-state index contributed by atoms with van der Waals surface area (Å²) in [7, 11) is 1.42. The van der Waals surface area contributed by atoms with E-state index in [4.69, 9.17) is 38.4 Å². The molecule has 150 valence electrons. The average Bonchev–Trinajstić information content (AvgIpc) is 2.96. The number of hydrogen-bond donors (Lipinski definition) is 1. The molecule has 3 rings (SSSR count). The molecular formula is C19H13ClFNO5S2. The summed E-state index contributed by atoms with van der Waals surface area (Å²) in [6.07, 6.45) is 1.53. The Labute approximate surface area is 179 Å². The number of benzene rings is 2. The van der Waals surface area contributed by atoms with Gasteiger partial charge in [0.15, 0.2) is 22.4 Å². The summed E-state index contributed by atoms with van der Waals surface area (Å²) < 4.78 is 24.2. The highest BCUT2D eigenvalue weighted by molar-refractivity contribution is 8.27. The number of rotatable bonds is 6. The molecule has 2 aromatic rings. The van der Waals surface area contributed by atoms with Crippen molar-refractivity contribution in [1.82, 2.24) is 0 Å². The Morgan fingerprint density at radius 2 is 2.14 bits per heavy atom. The first-order valence-corrected chi connectivity index (χ1v) is 9.66. The van der Waals surface area contributed by atoms with E-state index in [2.05, 4.69) is 0 Å². The Kier molecular flexibility index (Phi) is 6.41. The first kappa shape index (κ1) is 21.1. The highest BCUT2D eigenvalue weighted by atomic mass is 35.5. The second-order valence-corrected chi connectivity index (χ2v) is 7.76. The third-order valence-corrected chi connectivity index (χ3v) is 5.40. The van der Waals surface area contributed by atoms with Crippen molar-refractivity contribution in [3.8, 4) is 11.5 Å². The van der Waals surface area contributed by atoms with Crippen LogP contribution in [0.5, 0.6) is 11.5 Å². The van der Waals surface area contributed by atoms with E-state index in [1.54, 1.807) is 18.2 Å². The number of carboxylic acid groups (broad SMARTS) is 1. The number of methoxy groups -OCH3 is 1. The van der Waals surface area contributed by atoms with Crippen LogP contribution in [0.25, 0.3) is 6.08 Å². The van der Waals surface area contributed by atoms with E-state index in [0.29, 0.717) is 17.0 Å². The van der Waals surface area contributed by atoms with Gasteiger partial charge < -0.3 is 14.6 Å². The molecule has 1 heterocycles. The van der Waals surface area contributed by atoms with Crippen molar-refractivity contribution in [1.29, 1.82) is 0 Å². The third kappa shape index (κ3) is 4.52. The van der Waals surface area contributed by atoms with Gasteiger partial charge in [0.25, 0.3) is 5.91 Å². The number of halogens is 2. The quantitative estimate of drug-likeness (QED) is 0.514. The molecule has 0 bridgehead atoms. The smallest absolute Gasteiger partial charge is 0.341 e. The number of para-hydroxylation sites is 1. The molecule has 0 saturated carbocycles. The minimum absolute atomic E-state index is 0.127. The molecule has 0 unspecified atom stereocenters. The number of hydrogen-bond acceptors (Lipinski definition) is 6. The molecule has 1 saturated heterocycles. The summed E-state index contributed by atoms with van der Waals surface area (Å²) >= 11 is 12.2. The van der Waals surface area contributed by atoms with Gasteiger partial charge in [-0.1, -0.05) is 47.7 Å². The molecule has 0 aliphatic carbocycles. The lowest BCUT2D eigenvalue weighted by Gasteiger charge is -2.15. The van der Waals surface area contributed by atoms with Crippen molar-refractivity contribution >= 4 is 63.5 Å². The summed E-state index contributed by atoms with van der Waals surface area (Å²) in [5.41, 5.74) is 0.790. The van der Waals surface area contributed by atoms with Crippen molar-refractivity contribution in [2.45, 2.75) is 0 Å². The van der Waals surface area contributed by atoms with Gasteiger partial charge in [-0.25, -0.2) is 9.18 Å². The average molecular weight is 454 g/mol. The summed E-state index contributed by atoms with van der Waals surface area (Å²) in [4.78, 5) is 25.3. The van der Waals surface area contributed by atoms with Gasteiger partial charge in [0.05, 0.1) is 22.7 Å². The zero-order valence-corrected chi connectivity index (χ0v) is 17.2. The first-order valence-electron chi connectivity index (χ1n) is 8.06. The maximum atomic E-state index is 13.4. The lowest BCUT2D eigenvalue weighted by molar-refractivity contribution is -0.139. The Balaban J connectivity index is 1.97. The van der Waals surface area contributed by atoms with Crippen LogP contribution in [-0.4, -0.2) is 35.0 Å². The number of carbonyl (C=O) groups excluding carboxylic acids is 1. The molecular weight excluding hydrogens is 441 g/mol. The minimum Gasteiger partial charge on any atom is -0.493 e. The molecule has 1 aliphatic rings. The van der Waals surface area contributed by atoms with Crippen LogP contribution in [0.4, 0.5) is 10.1 Å². The van der Waals surface area contributed by atoms with E-state index in [9.17, 15) is 14.0 Å². The van der Waals surface area contributed by atoms with Gasteiger partial charge in [-0.3, -0.25) is 9.69 Å². The van der Waals surface area contributed by atoms with Gasteiger partial charge in [0.1, 0.15) is 5.82 Å². The zero-order chi connectivity index (χ0) is 21.1. The van der Waals surface area contributed by atoms with Crippen LogP contribution < -0.4 is 14.4 Å². The molecule has 1 N–H and O–H groups in total. The molecule has 10 heteroatoms. The predicted octanol–water partition coefficient (Wildman–Crippen LogP) is 4.36. The van der Waals surface area contributed by atoms with Crippen molar-refractivity contribution in [2.24, 2.45) is 0 Å². The second-order valence-electron chi connectivity index (χ2n) is 5.68. The number of ether oxygens (including phenoxy) is 2. The molecule has 2 aromatic carbocycles. The molecule has 1 amide bonds.